The van der Waals surface area contributed by atoms with Crippen LogP contribution in [0.25, 0.3) is 5.82 Å². The van der Waals surface area contributed by atoms with E-state index >= 15 is 0 Å². The number of carbonyl (C=O) groups is 1. The van der Waals surface area contributed by atoms with Crippen molar-refractivity contribution in [2.24, 2.45) is 5.92 Å². The van der Waals surface area contributed by atoms with Crippen molar-refractivity contribution in [2.45, 2.75) is 19.9 Å². The summed E-state index contributed by atoms with van der Waals surface area (Å²) in [7, 11) is 0. The highest BCUT2D eigenvalue weighted by Crippen LogP contribution is 2.21. The Kier molecular flexibility index (Phi) is 4.70. The van der Waals surface area contributed by atoms with Crippen molar-refractivity contribution in [1.29, 1.82) is 0 Å². The van der Waals surface area contributed by atoms with Gasteiger partial charge in [0.2, 0.25) is 0 Å². The zero-order valence-electron chi connectivity index (χ0n) is 13.8. The maximum atomic E-state index is 12.6. The average Bonchev–Trinajstić information content (AvgIpc) is 3.15. The van der Waals surface area contributed by atoms with Gasteiger partial charge < -0.3 is 5.32 Å². The predicted molar refractivity (Wildman–Crippen MR) is 92.8 cm³/mol. The second-order valence-electron chi connectivity index (χ2n) is 5.98. The molecular weight excluding hydrogens is 300 g/mol. The number of carbonyl (C=O) groups excluding carboxylic acids is 1. The van der Waals surface area contributed by atoms with E-state index in [-0.39, 0.29) is 17.9 Å². The fraction of sp³-hybridized carbons (Fsp3) is 0.211. The highest BCUT2D eigenvalue weighted by molar-refractivity contribution is 5.94. The summed E-state index contributed by atoms with van der Waals surface area (Å²) in [6, 6.07) is 13.6. The lowest BCUT2D eigenvalue weighted by Gasteiger charge is -2.23. The summed E-state index contributed by atoms with van der Waals surface area (Å²) in [5, 5.41) is 3.11. The van der Waals surface area contributed by atoms with Crippen LogP contribution in [0.1, 0.15) is 35.8 Å². The molecule has 1 amide bonds. The minimum absolute atomic E-state index is 0.0352. The van der Waals surface area contributed by atoms with Gasteiger partial charge in [-0.3, -0.25) is 9.36 Å². The lowest BCUT2D eigenvalue weighted by atomic mass is 9.96. The summed E-state index contributed by atoms with van der Waals surface area (Å²) >= 11 is 0. The van der Waals surface area contributed by atoms with Crippen molar-refractivity contribution >= 4 is 5.91 Å². The third kappa shape index (κ3) is 3.51. The van der Waals surface area contributed by atoms with Crippen LogP contribution in [0.2, 0.25) is 0 Å². The number of amides is 1. The van der Waals surface area contributed by atoms with Crippen LogP contribution in [0, 0.1) is 5.92 Å². The molecule has 0 bridgehead atoms. The second kappa shape index (κ2) is 7.08. The molecule has 2 aromatic heterocycles. The molecule has 0 radical (unpaired) electrons. The van der Waals surface area contributed by atoms with Gasteiger partial charge in [0.05, 0.1) is 11.6 Å². The standard InChI is InChI=1S/C19H20N4O/c1-14(2)18(15-6-4-3-5-7-15)22-19(24)16-8-9-17(21-12-16)23-11-10-20-13-23/h3-14,18H,1-2H3,(H,22,24). The Hall–Kier alpha value is -2.95. The van der Waals surface area contributed by atoms with Crippen LogP contribution in [0.3, 0.4) is 0 Å². The number of rotatable bonds is 5. The molecule has 0 aliphatic rings. The topological polar surface area (TPSA) is 59.8 Å². The lowest BCUT2D eigenvalue weighted by Crippen LogP contribution is -2.31. The van der Waals surface area contributed by atoms with Gasteiger partial charge in [-0.1, -0.05) is 44.2 Å². The Bertz CT molecular complexity index is 780. The van der Waals surface area contributed by atoms with Crippen LogP contribution in [0.5, 0.6) is 0 Å². The third-order valence-electron chi connectivity index (χ3n) is 3.89. The Morgan fingerprint density at radius 2 is 1.92 bits per heavy atom. The van der Waals surface area contributed by atoms with E-state index in [1.165, 1.54) is 0 Å². The second-order valence-corrected chi connectivity index (χ2v) is 5.98. The summed E-state index contributed by atoms with van der Waals surface area (Å²) in [5.41, 5.74) is 1.64. The molecule has 0 aliphatic heterocycles. The van der Waals surface area contributed by atoms with Crippen LogP contribution < -0.4 is 5.32 Å². The van der Waals surface area contributed by atoms with Gasteiger partial charge in [-0.15, -0.1) is 0 Å². The first kappa shape index (κ1) is 15.9. The molecule has 5 heteroatoms. The molecule has 0 spiro atoms. The number of pyridine rings is 1. The van der Waals surface area contributed by atoms with Crippen LogP contribution in [-0.4, -0.2) is 20.4 Å². The molecule has 122 valence electrons. The summed E-state index contributed by atoms with van der Waals surface area (Å²) in [5.74, 6) is 0.893. The van der Waals surface area contributed by atoms with E-state index in [1.807, 2.05) is 42.6 Å². The van der Waals surface area contributed by atoms with Gasteiger partial charge in [0.15, 0.2) is 0 Å². The van der Waals surface area contributed by atoms with E-state index in [4.69, 9.17) is 0 Å². The van der Waals surface area contributed by atoms with Gasteiger partial charge >= 0.3 is 0 Å². The van der Waals surface area contributed by atoms with Gasteiger partial charge in [0.1, 0.15) is 12.1 Å². The number of benzene rings is 1. The number of nitrogens with zero attached hydrogens (tertiary/aromatic N) is 3. The molecule has 0 saturated carbocycles. The monoisotopic (exact) mass is 320 g/mol. The summed E-state index contributed by atoms with van der Waals surface area (Å²) < 4.78 is 1.79. The fourth-order valence-electron chi connectivity index (χ4n) is 2.59. The first-order chi connectivity index (χ1) is 11.6. The molecule has 0 aliphatic carbocycles. The van der Waals surface area contributed by atoms with Crippen LogP contribution in [0.15, 0.2) is 67.4 Å². The van der Waals surface area contributed by atoms with E-state index in [9.17, 15) is 4.79 Å². The third-order valence-corrected chi connectivity index (χ3v) is 3.89. The van der Waals surface area contributed by atoms with E-state index in [2.05, 4.69) is 29.1 Å². The normalized spacial score (nSPS) is 12.1. The Balaban J connectivity index is 1.76. The number of hydrogen-bond acceptors (Lipinski definition) is 3. The number of imidazole rings is 1. The van der Waals surface area contributed by atoms with E-state index in [1.54, 1.807) is 29.4 Å². The first-order valence-electron chi connectivity index (χ1n) is 7.95. The van der Waals surface area contributed by atoms with Gasteiger partial charge in [0, 0.05) is 18.6 Å². The molecule has 1 N–H and O–H groups in total. The predicted octanol–water partition coefficient (Wildman–Crippen LogP) is 3.39. The minimum Gasteiger partial charge on any atom is -0.345 e. The maximum Gasteiger partial charge on any atom is 0.253 e. The van der Waals surface area contributed by atoms with E-state index in [0.717, 1.165) is 11.4 Å². The van der Waals surface area contributed by atoms with Crippen LogP contribution in [-0.2, 0) is 0 Å². The summed E-state index contributed by atoms with van der Waals surface area (Å²) in [4.78, 5) is 20.9. The highest BCUT2D eigenvalue weighted by atomic mass is 16.1. The van der Waals surface area contributed by atoms with Crippen molar-refractivity contribution in [3.8, 4) is 5.82 Å². The van der Waals surface area contributed by atoms with Crippen molar-refractivity contribution in [3.63, 3.8) is 0 Å². The zero-order valence-corrected chi connectivity index (χ0v) is 13.8. The lowest BCUT2D eigenvalue weighted by molar-refractivity contribution is 0.0925. The van der Waals surface area contributed by atoms with Crippen LogP contribution in [0.4, 0.5) is 0 Å². The van der Waals surface area contributed by atoms with Crippen molar-refractivity contribution in [1.82, 2.24) is 19.9 Å². The number of aromatic nitrogens is 3. The molecule has 2 heterocycles. The average molecular weight is 320 g/mol. The Morgan fingerprint density at radius 3 is 2.50 bits per heavy atom. The smallest absolute Gasteiger partial charge is 0.253 e. The molecule has 0 fully saturated rings. The molecule has 3 rings (SSSR count). The van der Waals surface area contributed by atoms with Gasteiger partial charge in [-0.05, 0) is 23.6 Å². The van der Waals surface area contributed by atoms with E-state index < -0.39 is 0 Å². The highest BCUT2D eigenvalue weighted by Gasteiger charge is 2.19. The first-order valence-corrected chi connectivity index (χ1v) is 7.95. The molecule has 5 nitrogen and oxygen atoms in total. The fourth-order valence-corrected chi connectivity index (χ4v) is 2.59. The molecular formula is C19H20N4O. The largest absolute Gasteiger partial charge is 0.345 e. The van der Waals surface area contributed by atoms with Gasteiger partial charge in [-0.2, -0.15) is 0 Å². The minimum atomic E-state index is -0.123. The Morgan fingerprint density at radius 1 is 1.12 bits per heavy atom. The zero-order chi connectivity index (χ0) is 16.9. The summed E-state index contributed by atoms with van der Waals surface area (Å²) in [6.07, 6.45) is 6.76. The molecule has 1 unspecified atom stereocenters. The molecule has 3 aromatic rings. The van der Waals surface area contributed by atoms with Gasteiger partial charge in [-0.25, -0.2) is 9.97 Å². The number of hydrogen-bond donors (Lipinski definition) is 1. The molecule has 0 saturated heterocycles. The Labute approximate surface area is 141 Å². The van der Waals surface area contributed by atoms with E-state index in [0.29, 0.717) is 5.56 Å². The maximum absolute atomic E-state index is 12.6. The van der Waals surface area contributed by atoms with Crippen molar-refractivity contribution < 1.29 is 4.79 Å². The SMILES string of the molecule is CC(C)C(NC(=O)c1ccc(-n2ccnc2)nc1)c1ccccc1. The van der Waals surface area contributed by atoms with Crippen molar-refractivity contribution in [3.05, 3.63) is 78.5 Å². The van der Waals surface area contributed by atoms with Crippen LogP contribution >= 0.6 is 0 Å². The van der Waals surface area contributed by atoms with Crippen molar-refractivity contribution in [2.75, 3.05) is 0 Å². The molecule has 24 heavy (non-hydrogen) atoms. The molecule has 1 aromatic carbocycles. The number of nitrogens with one attached hydrogen (secondary N) is 1. The molecule has 1 atom stereocenters. The summed E-state index contributed by atoms with van der Waals surface area (Å²) in [6.45, 7) is 4.19. The quantitative estimate of drug-likeness (QED) is 0.784. The van der Waals surface area contributed by atoms with Gasteiger partial charge in [0.25, 0.3) is 5.91 Å².